The molecule has 0 saturated carbocycles. The van der Waals surface area contributed by atoms with Gasteiger partial charge in [0.15, 0.2) is 11.6 Å². The van der Waals surface area contributed by atoms with Crippen LogP contribution in [0.25, 0.3) is 34.1 Å². The number of fused-ring (bicyclic) bond motifs is 2. The summed E-state index contributed by atoms with van der Waals surface area (Å²) in [5.74, 6) is -3.36. The Kier molecular flexibility index (Phi) is 18.0. The summed E-state index contributed by atoms with van der Waals surface area (Å²) in [6.45, 7) is 5.86. The van der Waals surface area contributed by atoms with Crippen LogP contribution in [-0.2, 0) is 23.8 Å². The topological polar surface area (TPSA) is 211 Å². The second kappa shape index (κ2) is 23.0. The van der Waals surface area contributed by atoms with Crippen LogP contribution in [0.4, 0.5) is 0 Å². The van der Waals surface area contributed by atoms with Gasteiger partial charge in [-0.1, -0.05) is 56.1 Å². The molecule has 324 valence electrons. The Morgan fingerprint density at radius 2 is 1.05 bits per heavy atom. The molecular formula is C46H35Br3O14. The number of carboxylic acids is 1. The molecule has 0 radical (unpaired) electrons. The maximum Gasteiger partial charge on any atom is 0.343 e. The number of alkyl halides is 1. The van der Waals surface area contributed by atoms with Crippen LogP contribution in [0.1, 0.15) is 77.5 Å². The van der Waals surface area contributed by atoms with E-state index in [2.05, 4.69) is 57.3 Å². The third kappa shape index (κ3) is 14.5. The van der Waals surface area contributed by atoms with Crippen molar-refractivity contribution in [2.24, 2.45) is 0 Å². The van der Waals surface area contributed by atoms with E-state index in [1.54, 1.807) is 24.3 Å². The third-order valence-electron chi connectivity index (χ3n) is 8.33. The Morgan fingerprint density at radius 1 is 0.603 bits per heavy atom. The van der Waals surface area contributed by atoms with Crippen molar-refractivity contribution in [2.75, 3.05) is 12.3 Å². The minimum Gasteiger partial charge on any atom is -0.478 e. The zero-order chi connectivity index (χ0) is 46.4. The molecule has 0 bridgehead atoms. The average Bonchev–Trinajstić information content (AvgIpc) is 3.22. The Balaban J connectivity index is 0.000000248. The highest BCUT2D eigenvalue weighted by atomic mass is 79.9. The summed E-state index contributed by atoms with van der Waals surface area (Å²) in [5, 5.41) is 10.5. The van der Waals surface area contributed by atoms with E-state index in [0.29, 0.717) is 31.2 Å². The SMILES string of the molecule is CC(=O)OCBr.CC(=O)OCOC(=O)c1ccc(C(=O)/C=C/c2cc3ccc(C)cc3oc2=O)c(Br)c1.Cc1ccc2cc(/C=C/C(=O)c3ccc(C(=O)O)cc3Br)c(=O)oc2c1. The molecule has 2 aromatic heterocycles. The maximum absolute atomic E-state index is 12.6. The fourth-order valence-corrected chi connectivity index (χ4v) is 6.70. The van der Waals surface area contributed by atoms with Crippen LogP contribution >= 0.6 is 47.8 Å². The van der Waals surface area contributed by atoms with E-state index >= 15 is 0 Å². The lowest BCUT2D eigenvalue weighted by atomic mass is 10.1. The lowest BCUT2D eigenvalue weighted by molar-refractivity contribution is -0.149. The number of esters is 3. The number of carbonyl (C=O) groups excluding carboxylic acids is 5. The number of carbonyl (C=O) groups is 6. The van der Waals surface area contributed by atoms with Gasteiger partial charge in [-0.2, -0.15) is 0 Å². The smallest absolute Gasteiger partial charge is 0.343 e. The molecule has 6 aromatic rings. The Bertz CT molecular complexity index is 2930. The number of hydrogen-bond acceptors (Lipinski definition) is 13. The van der Waals surface area contributed by atoms with Crippen molar-refractivity contribution in [1.29, 1.82) is 0 Å². The molecule has 0 spiro atoms. The Labute approximate surface area is 383 Å². The van der Waals surface area contributed by atoms with E-state index in [1.165, 1.54) is 74.5 Å². The molecule has 14 nitrogen and oxygen atoms in total. The number of ether oxygens (including phenoxy) is 3. The van der Waals surface area contributed by atoms with Gasteiger partial charge in [0, 0.05) is 44.7 Å². The second-order valence-corrected chi connectivity index (χ2v) is 15.2. The minimum absolute atomic E-state index is 0.0721. The van der Waals surface area contributed by atoms with E-state index in [-0.39, 0.29) is 45.4 Å². The van der Waals surface area contributed by atoms with Gasteiger partial charge in [-0.3, -0.25) is 19.2 Å². The van der Waals surface area contributed by atoms with Gasteiger partial charge in [0.2, 0.25) is 6.79 Å². The summed E-state index contributed by atoms with van der Waals surface area (Å²) in [7, 11) is 0. The third-order valence-corrected chi connectivity index (χ3v) is 9.87. The van der Waals surface area contributed by atoms with E-state index in [1.807, 2.05) is 38.1 Å². The minimum atomic E-state index is -1.08. The number of halogens is 3. The largest absolute Gasteiger partial charge is 0.478 e. The number of carboxylic acid groups (broad SMARTS) is 1. The van der Waals surface area contributed by atoms with Crippen molar-refractivity contribution in [3.8, 4) is 0 Å². The highest BCUT2D eigenvalue weighted by Gasteiger charge is 2.15. The van der Waals surface area contributed by atoms with Gasteiger partial charge >= 0.3 is 35.1 Å². The fourth-order valence-electron chi connectivity index (χ4n) is 5.23. The zero-order valence-electron chi connectivity index (χ0n) is 33.7. The Morgan fingerprint density at radius 3 is 1.44 bits per heavy atom. The number of allylic oxidation sites excluding steroid dienone is 2. The van der Waals surface area contributed by atoms with Crippen LogP contribution in [0.2, 0.25) is 0 Å². The number of aryl methyl sites for hydroxylation is 2. The molecule has 6 rings (SSSR count). The quantitative estimate of drug-likeness (QED) is 0.0320. The first-order valence-corrected chi connectivity index (χ1v) is 20.9. The predicted molar refractivity (Wildman–Crippen MR) is 244 cm³/mol. The molecule has 0 amide bonds. The molecule has 0 atom stereocenters. The van der Waals surface area contributed by atoms with E-state index < -0.39 is 36.0 Å². The number of aromatic carboxylic acids is 1. The van der Waals surface area contributed by atoms with E-state index in [9.17, 15) is 38.4 Å². The van der Waals surface area contributed by atoms with E-state index in [0.717, 1.165) is 21.9 Å². The zero-order valence-corrected chi connectivity index (χ0v) is 38.5. The summed E-state index contributed by atoms with van der Waals surface area (Å²) in [4.78, 5) is 92.6. The molecule has 0 saturated heterocycles. The van der Waals surface area contributed by atoms with Gasteiger partial charge in [-0.15, -0.1) is 0 Å². The molecule has 2 heterocycles. The summed E-state index contributed by atoms with van der Waals surface area (Å²) in [6.07, 6.45) is 5.30. The first-order chi connectivity index (χ1) is 29.9. The van der Waals surface area contributed by atoms with Crippen LogP contribution in [0.3, 0.4) is 0 Å². The van der Waals surface area contributed by atoms with Gasteiger partial charge in [-0.05, 0) is 126 Å². The standard InChI is InChI=1S/C23H17BrO7.C20H13BrO5.C3H5BrO2/c1-13-3-4-15-10-16(23(28)31-21(15)9-13)6-8-20(26)18-7-5-17(11-19(18)24)22(27)30-12-29-14(2)25;1-11-2-3-12-9-14(20(25)26-18(12)8-11)5-7-17(22)15-6-4-13(19(23)24)10-16(15)21;1-3(5)6-2-4/h3-11H,12H2,1-2H3;2-10H,1H3,(H,23,24);2H2,1H3/b8-6+;7-5+;. The highest BCUT2D eigenvalue weighted by Crippen LogP contribution is 2.23. The van der Waals surface area contributed by atoms with Crippen LogP contribution in [0.5, 0.6) is 0 Å². The molecule has 17 heteroatoms. The monoisotopic (exact) mass is 1050 g/mol. The van der Waals surface area contributed by atoms with Crippen LogP contribution in [0.15, 0.2) is 124 Å². The van der Waals surface area contributed by atoms with Crippen molar-refractivity contribution >= 4 is 117 Å². The van der Waals surface area contributed by atoms with Gasteiger partial charge < -0.3 is 28.2 Å². The highest BCUT2D eigenvalue weighted by molar-refractivity contribution is 9.11. The van der Waals surface area contributed by atoms with Gasteiger partial charge in [0.1, 0.15) is 16.7 Å². The number of benzene rings is 4. The number of ketones is 2. The van der Waals surface area contributed by atoms with Gasteiger partial charge in [0.25, 0.3) is 0 Å². The summed E-state index contributed by atoms with van der Waals surface area (Å²) in [5.41, 5.74) is 3.46. The van der Waals surface area contributed by atoms with Crippen molar-refractivity contribution in [2.45, 2.75) is 27.7 Å². The van der Waals surface area contributed by atoms with Crippen molar-refractivity contribution < 1.29 is 56.9 Å². The normalized spacial score (nSPS) is 10.7. The second-order valence-electron chi connectivity index (χ2n) is 13.1. The molecule has 63 heavy (non-hydrogen) atoms. The molecule has 0 aliphatic rings. The Hall–Kier alpha value is -6.56. The van der Waals surface area contributed by atoms with E-state index in [4.69, 9.17) is 18.7 Å². The van der Waals surface area contributed by atoms with Crippen LogP contribution in [0, 0.1) is 13.8 Å². The molecule has 1 N–H and O–H groups in total. The van der Waals surface area contributed by atoms with Crippen LogP contribution < -0.4 is 11.3 Å². The van der Waals surface area contributed by atoms with Gasteiger partial charge in [-0.25, -0.2) is 19.2 Å². The van der Waals surface area contributed by atoms with Crippen LogP contribution in [-0.4, -0.2) is 52.9 Å². The maximum atomic E-state index is 12.6. The first-order valence-electron chi connectivity index (χ1n) is 18.2. The molecule has 0 aliphatic carbocycles. The van der Waals surface area contributed by atoms with Crippen molar-refractivity contribution in [3.63, 3.8) is 0 Å². The first kappa shape index (κ1) is 49.1. The predicted octanol–water partition coefficient (Wildman–Crippen LogP) is 9.80. The van der Waals surface area contributed by atoms with Gasteiger partial charge in [0.05, 0.1) is 22.3 Å². The molecule has 0 aliphatic heterocycles. The van der Waals surface area contributed by atoms with Crippen molar-refractivity contribution in [3.05, 3.63) is 171 Å². The molecule has 4 aromatic carbocycles. The molecular weight excluding hydrogens is 1020 g/mol. The lowest BCUT2D eigenvalue weighted by Gasteiger charge is -2.06. The lowest BCUT2D eigenvalue weighted by Crippen LogP contribution is -2.11. The average molecular weight is 1050 g/mol. The number of rotatable bonds is 11. The summed E-state index contributed by atoms with van der Waals surface area (Å²) in [6, 6.07) is 22.7. The van der Waals surface area contributed by atoms with Crippen molar-refractivity contribution in [1.82, 2.24) is 0 Å². The molecule has 0 unspecified atom stereocenters. The molecule has 0 fully saturated rings. The fraction of sp³-hybridized carbons (Fsp3) is 0.130. The summed E-state index contributed by atoms with van der Waals surface area (Å²) < 4.78 is 25.0. The number of hydrogen-bond donors (Lipinski definition) is 1. The summed E-state index contributed by atoms with van der Waals surface area (Å²) >= 11 is 9.36.